The standard InChI is InChI=1S/C25H34N6O2/c1-24(2)12-18(13-25(3,4)30-24)31(5)22-9-8-19(28-29-22)23-20(32-6)10-16(11-21(23)33-7)17-14-26-27-15-17/h8-11,14-15,18,30H,12-13H2,1-7H3,(H,26,27). The third-order valence-corrected chi connectivity index (χ3v) is 6.32. The van der Waals surface area contributed by atoms with Gasteiger partial charge in [0.15, 0.2) is 5.82 Å². The van der Waals surface area contributed by atoms with Crippen LogP contribution in [0.2, 0.25) is 0 Å². The summed E-state index contributed by atoms with van der Waals surface area (Å²) in [7, 11) is 5.40. The molecule has 4 rings (SSSR count). The van der Waals surface area contributed by atoms with E-state index in [1.54, 1.807) is 20.4 Å². The maximum Gasteiger partial charge on any atom is 0.151 e. The van der Waals surface area contributed by atoms with Crippen molar-refractivity contribution in [1.82, 2.24) is 25.7 Å². The Morgan fingerprint density at radius 1 is 0.939 bits per heavy atom. The van der Waals surface area contributed by atoms with Crippen LogP contribution in [0.25, 0.3) is 22.4 Å². The van der Waals surface area contributed by atoms with Gasteiger partial charge < -0.3 is 19.7 Å². The summed E-state index contributed by atoms with van der Waals surface area (Å²) >= 11 is 0. The topological polar surface area (TPSA) is 88.2 Å². The van der Waals surface area contributed by atoms with E-state index < -0.39 is 0 Å². The number of aromatic nitrogens is 4. The molecule has 8 heteroatoms. The first-order valence-electron chi connectivity index (χ1n) is 11.2. The van der Waals surface area contributed by atoms with Gasteiger partial charge in [0, 0.05) is 35.9 Å². The highest BCUT2D eigenvalue weighted by atomic mass is 16.5. The molecule has 0 spiro atoms. The first kappa shape index (κ1) is 23.0. The van der Waals surface area contributed by atoms with E-state index in [1.807, 2.05) is 30.5 Å². The Morgan fingerprint density at radius 3 is 2.06 bits per heavy atom. The van der Waals surface area contributed by atoms with Gasteiger partial charge in [0.25, 0.3) is 0 Å². The molecule has 0 bridgehead atoms. The number of methoxy groups -OCH3 is 2. The minimum absolute atomic E-state index is 0.0610. The molecule has 0 radical (unpaired) electrons. The largest absolute Gasteiger partial charge is 0.496 e. The fraction of sp³-hybridized carbons (Fsp3) is 0.480. The van der Waals surface area contributed by atoms with E-state index in [-0.39, 0.29) is 11.1 Å². The molecular weight excluding hydrogens is 416 g/mol. The van der Waals surface area contributed by atoms with Crippen LogP contribution in [0.3, 0.4) is 0 Å². The van der Waals surface area contributed by atoms with E-state index >= 15 is 0 Å². The molecule has 1 aliphatic heterocycles. The average Bonchev–Trinajstić information content (AvgIpc) is 3.30. The number of hydrogen-bond acceptors (Lipinski definition) is 7. The summed E-state index contributed by atoms with van der Waals surface area (Å²) in [4.78, 5) is 2.25. The lowest BCUT2D eigenvalue weighted by atomic mass is 9.79. The Bertz CT molecular complexity index is 1050. The molecule has 1 aromatic carbocycles. The number of ether oxygens (including phenoxy) is 2. The maximum absolute atomic E-state index is 5.70. The van der Waals surface area contributed by atoms with Crippen molar-refractivity contribution in [2.24, 2.45) is 0 Å². The Kier molecular flexibility index (Phi) is 6.05. The van der Waals surface area contributed by atoms with Crippen molar-refractivity contribution in [3.63, 3.8) is 0 Å². The fourth-order valence-electron chi connectivity index (χ4n) is 5.12. The van der Waals surface area contributed by atoms with Crippen LogP contribution in [0, 0.1) is 0 Å². The molecule has 0 amide bonds. The SMILES string of the molecule is COc1cc(-c2cn[nH]c2)cc(OC)c1-c1ccc(N(C)C2CC(C)(C)NC(C)(C)C2)nn1. The van der Waals surface area contributed by atoms with Crippen molar-refractivity contribution >= 4 is 5.82 Å². The maximum atomic E-state index is 5.70. The molecule has 176 valence electrons. The minimum Gasteiger partial charge on any atom is -0.496 e. The van der Waals surface area contributed by atoms with Gasteiger partial charge >= 0.3 is 0 Å². The molecule has 33 heavy (non-hydrogen) atoms. The van der Waals surface area contributed by atoms with Crippen molar-refractivity contribution < 1.29 is 9.47 Å². The van der Waals surface area contributed by atoms with Gasteiger partial charge in [-0.2, -0.15) is 5.10 Å². The molecule has 0 atom stereocenters. The van der Waals surface area contributed by atoms with Crippen LogP contribution in [0.5, 0.6) is 11.5 Å². The zero-order valence-corrected chi connectivity index (χ0v) is 20.6. The van der Waals surface area contributed by atoms with Crippen molar-refractivity contribution in [3.05, 3.63) is 36.7 Å². The summed E-state index contributed by atoms with van der Waals surface area (Å²) in [6.07, 6.45) is 5.67. The van der Waals surface area contributed by atoms with Crippen LogP contribution >= 0.6 is 0 Å². The van der Waals surface area contributed by atoms with E-state index in [0.29, 0.717) is 23.2 Å². The van der Waals surface area contributed by atoms with Crippen LogP contribution in [0.15, 0.2) is 36.7 Å². The Hall–Kier alpha value is -3.13. The average molecular weight is 451 g/mol. The number of nitrogens with one attached hydrogen (secondary N) is 2. The second-order valence-corrected chi connectivity index (χ2v) is 10.1. The van der Waals surface area contributed by atoms with Gasteiger partial charge in [-0.15, -0.1) is 10.2 Å². The van der Waals surface area contributed by atoms with Gasteiger partial charge in [-0.25, -0.2) is 0 Å². The van der Waals surface area contributed by atoms with Crippen LogP contribution in [-0.4, -0.2) is 58.8 Å². The number of anilines is 1. The monoisotopic (exact) mass is 450 g/mol. The van der Waals surface area contributed by atoms with Gasteiger partial charge in [0.1, 0.15) is 17.2 Å². The number of H-pyrrole nitrogens is 1. The van der Waals surface area contributed by atoms with Crippen LogP contribution in [0.4, 0.5) is 5.82 Å². The third-order valence-electron chi connectivity index (χ3n) is 6.32. The minimum atomic E-state index is 0.0610. The molecular formula is C25H34N6O2. The number of piperidine rings is 1. The Balaban J connectivity index is 1.64. The lowest BCUT2D eigenvalue weighted by molar-refractivity contribution is 0.160. The molecule has 3 aromatic rings. The van der Waals surface area contributed by atoms with Gasteiger partial charge in [-0.1, -0.05) is 0 Å². The molecule has 0 saturated carbocycles. The van der Waals surface area contributed by atoms with Gasteiger partial charge in [0.05, 0.1) is 26.0 Å². The number of nitrogens with zero attached hydrogens (tertiary/aromatic N) is 4. The molecule has 0 aliphatic carbocycles. The van der Waals surface area contributed by atoms with Gasteiger partial charge in [0.2, 0.25) is 0 Å². The predicted octanol–water partition coefficient (Wildman–Crippen LogP) is 4.30. The molecule has 2 aromatic heterocycles. The summed E-state index contributed by atoms with van der Waals surface area (Å²) in [5.74, 6) is 2.19. The lowest BCUT2D eigenvalue weighted by Crippen LogP contribution is -2.62. The summed E-state index contributed by atoms with van der Waals surface area (Å²) in [5.41, 5.74) is 3.50. The highest BCUT2D eigenvalue weighted by Crippen LogP contribution is 2.41. The number of aromatic amines is 1. The predicted molar refractivity (Wildman–Crippen MR) is 131 cm³/mol. The fourth-order valence-corrected chi connectivity index (χ4v) is 5.12. The molecule has 1 saturated heterocycles. The molecule has 3 heterocycles. The molecule has 1 aliphatic rings. The van der Waals surface area contributed by atoms with Gasteiger partial charge in [-0.05, 0) is 70.4 Å². The van der Waals surface area contributed by atoms with E-state index in [1.165, 1.54) is 0 Å². The van der Waals surface area contributed by atoms with Crippen LogP contribution in [0.1, 0.15) is 40.5 Å². The first-order chi connectivity index (χ1) is 15.6. The number of benzene rings is 1. The highest BCUT2D eigenvalue weighted by molar-refractivity contribution is 5.80. The lowest BCUT2D eigenvalue weighted by Gasteiger charge is -2.49. The molecule has 1 fully saturated rings. The summed E-state index contributed by atoms with van der Waals surface area (Å²) in [6, 6.07) is 8.30. The zero-order chi connectivity index (χ0) is 23.8. The van der Waals surface area contributed by atoms with Crippen LogP contribution in [-0.2, 0) is 0 Å². The second-order valence-electron chi connectivity index (χ2n) is 10.1. The van der Waals surface area contributed by atoms with Crippen molar-refractivity contribution in [2.75, 3.05) is 26.2 Å². The van der Waals surface area contributed by atoms with E-state index in [0.717, 1.165) is 35.3 Å². The first-order valence-corrected chi connectivity index (χ1v) is 11.2. The normalized spacial score (nSPS) is 17.5. The van der Waals surface area contributed by atoms with Crippen molar-refractivity contribution in [2.45, 2.75) is 57.7 Å². The van der Waals surface area contributed by atoms with E-state index in [4.69, 9.17) is 9.47 Å². The van der Waals surface area contributed by atoms with Crippen molar-refractivity contribution in [1.29, 1.82) is 0 Å². The Morgan fingerprint density at radius 2 is 1.58 bits per heavy atom. The number of hydrogen-bond donors (Lipinski definition) is 2. The highest BCUT2D eigenvalue weighted by Gasteiger charge is 2.39. The van der Waals surface area contributed by atoms with Gasteiger partial charge in [-0.3, -0.25) is 5.10 Å². The third kappa shape index (κ3) is 4.80. The quantitative estimate of drug-likeness (QED) is 0.579. The van der Waals surface area contributed by atoms with E-state index in [9.17, 15) is 0 Å². The molecule has 2 N–H and O–H groups in total. The zero-order valence-electron chi connectivity index (χ0n) is 20.6. The molecule has 0 unspecified atom stereocenters. The summed E-state index contributed by atoms with van der Waals surface area (Å²) < 4.78 is 11.4. The second kappa shape index (κ2) is 8.67. The molecule has 8 nitrogen and oxygen atoms in total. The summed E-state index contributed by atoms with van der Waals surface area (Å²) in [5, 5.41) is 19.8. The van der Waals surface area contributed by atoms with Crippen LogP contribution < -0.4 is 19.7 Å². The number of rotatable bonds is 6. The van der Waals surface area contributed by atoms with Crippen molar-refractivity contribution in [3.8, 4) is 33.9 Å². The van der Waals surface area contributed by atoms with E-state index in [2.05, 4.69) is 65.4 Å². The summed E-state index contributed by atoms with van der Waals surface area (Å²) in [6.45, 7) is 9.04. The smallest absolute Gasteiger partial charge is 0.151 e. The Labute approximate surface area is 195 Å².